The lowest BCUT2D eigenvalue weighted by Gasteiger charge is -2.08. The number of hydrogen-bond donors (Lipinski definition) is 1. The molecule has 4 heteroatoms. The number of methoxy groups -OCH3 is 1. The Balaban J connectivity index is 3.07. The van der Waals surface area contributed by atoms with Gasteiger partial charge in [-0.2, -0.15) is 0 Å². The third-order valence-corrected chi connectivity index (χ3v) is 1.75. The molecule has 1 rings (SSSR count). The number of benzene rings is 1. The Morgan fingerprint density at radius 2 is 2.29 bits per heavy atom. The van der Waals surface area contributed by atoms with Crippen molar-refractivity contribution in [2.24, 2.45) is 0 Å². The quantitative estimate of drug-likeness (QED) is 0.799. The van der Waals surface area contributed by atoms with Crippen molar-refractivity contribution in [3.63, 3.8) is 0 Å². The summed E-state index contributed by atoms with van der Waals surface area (Å²) in [7, 11) is 1.33. The first-order valence-electron chi connectivity index (χ1n) is 4.31. The molecule has 0 aliphatic carbocycles. The molecule has 0 bridgehead atoms. The lowest BCUT2D eigenvalue weighted by Crippen LogP contribution is -2.23. The van der Waals surface area contributed by atoms with E-state index in [4.69, 9.17) is 4.74 Å². The predicted octanol–water partition coefficient (Wildman–Crippen LogP) is 1.58. The molecular formula is C10H12FNO2. The third-order valence-electron chi connectivity index (χ3n) is 1.75. The summed E-state index contributed by atoms with van der Waals surface area (Å²) in [5, 5.41) is 2.58. The smallest absolute Gasteiger partial charge is 0.255 e. The van der Waals surface area contributed by atoms with E-state index in [0.717, 1.165) is 0 Å². The van der Waals surface area contributed by atoms with Crippen LogP contribution >= 0.6 is 0 Å². The number of hydrogen-bond acceptors (Lipinski definition) is 2. The first-order chi connectivity index (χ1) is 6.70. The topological polar surface area (TPSA) is 38.3 Å². The third kappa shape index (κ3) is 2.02. The van der Waals surface area contributed by atoms with Gasteiger partial charge in [0.25, 0.3) is 5.91 Å². The van der Waals surface area contributed by atoms with Gasteiger partial charge in [-0.25, -0.2) is 4.39 Å². The summed E-state index contributed by atoms with van der Waals surface area (Å²) in [6, 6.07) is 4.25. The number of carbonyl (C=O) groups is 1. The van der Waals surface area contributed by atoms with E-state index in [9.17, 15) is 9.18 Å². The van der Waals surface area contributed by atoms with Crippen LogP contribution in [-0.2, 0) is 0 Å². The predicted molar refractivity (Wildman–Crippen MR) is 51.0 cm³/mol. The van der Waals surface area contributed by atoms with Crippen molar-refractivity contribution in [1.29, 1.82) is 0 Å². The maximum absolute atomic E-state index is 13.1. The maximum atomic E-state index is 13.1. The fourth-order valence-electron chi connectivity index (χ4n) is 1.15. The van der Waals surface area contributed by atoms with E-state index in [0.29, 0.717) is 6.54 Å². The minimum absolute atomic E-state index is 0.0153. The molecule has 0 radical (unpaired) electrons. The first-order valence-corrected chi connectivity index (χ1v) is 4.31. The van der Waals surface area contributed by atoms with E-state index in [1.54, 1.807) is 6.92 Å². The lowest BCUT2D eigenvalue weighted by atomic mass is 10.2. The summed E-state index contributed by atoms with van der Waals surface area (Å²) in [4.78, 5) is 11.4. The highest BCUT2D eigenvalue weighted by Crippen LogP contribution is 2.21. The highest BCUT2D eigenvalue weighted by atomic mass is 19.1. The van der Waals surface area contributed by atoms with Crippen molar-refractivity contribution < 1.29 is 13.9 Å². The van der Waals surface area contributed by atoms with Crippen molar-refractivity contribution in [2.75, 3.05) is 13.7 Å². The van der Waals surface area contributed by atoms with Crippen LogP contribution in [0.1, 0.15) is 17.3 Å². The van der Waals surface area contributed by atoms with E-state index < -0.39 is 5.82 Å². The second-order valence-corrected chi connectivity index (χ2v) is 2.68. The van der Waals surface area contributed by atoms with Crippen LogP contribution in [0.5, 0.6) is 5.75 Å². The van der Waals surface area contributed by atoms with Gasteiger partial charge < -0.3 is 10.1 Å². The molecule has 1 N–H and O–H groups in total. The number of para-hydroxylation sites is 1. The molecule has 0 saturated heterocycles. The monoisotopic (exact) mass is 197 g/mol. The van der Waals surface area contributed by atoms with Gasteiger partial charge in [0.05, 0.1) is 12.7 Å². The van der Waals surface area contributed by atoms with Crippen molar-refractivity contribution in [3.8, 4) is 5.75 Å². The molecule has 14 heavy (non-hydrogen) atoms. The van der Waals surface area contributed by atoms with Crippen LogP contribution in [0.25, 0.3) is 0 Å². The van der Waals surface area contributed by atoms with Crippen LogP contribution in [0, 0.1) is 5.82 Å². The van der Waals surface area contributed by atoms with Crippen LogP contribution in [-0.4, -0.2) is 19.6 Å². The molecule has 1 aromatic rings. The summed E-state index contributed by atoms with van der Waals surface area (Å²) in [5.74, 6) is -0.876. The Morgan fingerprint density at radius 3 is 2.86 bits per heavy atom. The Morgan fingerprint density at radius 1 is 1.57 bits per heavy atom. The van der Waals surface area contributed by atoms with Gasteiger partial charge in [0.15, 0.2) is 11.6 Å². The lowest BCUT2D eigenvalue weighted by molar-refractivity contribution is 0.0952. The van der Waals surface area contributed by atoms with Gasteiger partial charge in [-0.3, -0.25) is 4.79 Å². The summed E-state index contributed by atoms with van der Waals surface area (Å²) in [6.07, 6.45) is 0. The first kappa shape index (κ1) is 10.5. The molecule has 0 heterocycles. The van der Waals surface area contributed by atoms with E-state index in [1.165, 1.54) is 25.3 Å². The summed E-state index contributed by atoms with van der Waals surface area (Å²) >= 11 is 0. The standard InChI is InChI=1S/C10H12FNO2/c1-3-12-10(13)7-5-4-6-8(11)9(7)14-2/h4-6H,3H2,1-2H3,(H,12,13). The Labute approximate surface area is 81.9 Å². The van der Waals surface area contributed by atoms with Crippen LogP contribution in [0.3, 0.4) is 0 Å². The molecule has 0 aliphatic heterocycles. The van der Waals surface area contributed by atoms with Crippen LogP contribution < -0.4 is 10.1 Å². The molecule has 0 saturated carbocycles. The molecule has 0 atom stereocenters. The van der Waals surface area contributed by atoms with Crippen LogP contribution in [0.15, 0.2) is 18.2 Å². The zero-order valence-electron chi connectivity index (χ0n) is 8.13. The number of halogens is 1. The fourth-order valence-corrected chi connectivity index (χ4v) is 1.15. The SMILES string of the molecule is CCNC(=O)c1cccc(F)c1OC. The van der Waals surface area contributed by atoms with Crippen LogP contribution in [0.4, 0.5) is 4.39 Å². The molecule has 76 valence electrons. The Bertz CT molecular complexity index is 339. The number of ether oxygens (including phenoxy) is 1. The number of carbonyl (C=O) groups excluding carboxylic acids is 1. The summed E-state index contributed by atoms with van der Waals surface area (Å²) in [6.45, 7) is 2.29. The minimum Gasteiger partial charge on any atom is -0.493 e. The molecule has 0 spiro atoms. The number of amides is 1. The zero-order valence-corrected chi connectivity index (χ0v) is 8.13. The Kier molecular flexibility index (Phi) is 3.45. The zero-order chi connectivity index (χ0) is 10.6. The van der Waals surface area contributed by atoms with Gasteiger partial charge in [0.1, 0.15) is 0 Å². The van der Waals surface area contributed by atoms with E-state index in [2.05, 4.69) is 5.32 Å². The minimum atomic E-state index is -0.531. The number of rotatable bonds is 3. The highest BCUT2D eigenvalue weighted by molar-refractivity contribution is 5.96. The highest BCUT2D eigenvalue weighted by Gasteiger charge is 2.14. The van der Waals surface area contributed by atoms with Gasteiger partial charge in [0.2, 0.25) is 0 Å². The fraction of sp³-hybridized carbons (Fsp3) is 0.300. The molecule has 0 unspecified atom stereocenters. The Hall–Kier alpha value is -1.58. The van der Waals surface area contributed by atoms with Gasteiger partial charge in [-0.1, -0.05) is 6.07 Å². The molecule has 0 aromatic heterocycles. The second kappa shape index (κ2) is 4.60. The van der Waals surface area contributed by atoms with E-state index >= 15 is 0 Å². The molecular weight excluding hydrogens is 185 g/mol. The average Bonchev–Trinajstić information content (AvgIpc) is 2.17. The van der Waals surface area contributed by atoms with Gasteiger partial charge in [-0.05, 0) is 19.1 Å². The van der Waals surface area contributed by atoms with Crippen molar-refractivity contribution in [1.82, 2.24) is 5.32 Å². The van der Waals surface area contributed by atoms with E-state index in [1.807, 2.05) is 0 Å². The summed E-state index contributed by atoms with van der Waals surface area (Å²) in [5.41, 5.74) is 0.217. The number of nitrogens with one attached hydrogen (secondary N) is 1. The molecule has 0 aliphatic rings. The summed E-state index contributed by atoms with van der Waals surface area (Å²) < 4.78 is 18.0. The maximum Gasteiger partial charge on any atom is 0.255 e. The molecule has 1 amide bonds. The average molecular weight is 197 g/mol. The van der Waals surface area contributed by atoms with Gasteiger partial charge in [0, 0.05) is 6.54 Å². The van der Waals surface area contributed by atoms with E-state index in [-0.39, 0.29) is 17.2 Å². The second-order valence-electron chi connectivity index (χ2n) is 2.68. The van der Waals surface area contributed by atoms with Crippen molar-refractivity contribution in [3.05, 3.63) is 29.6 Å². The largest absolute Gasteiger partial charge is 0.493 e. The van der Waals surface area contributed by atoms with Gasteiger partial charge >= 0.3 is 0 Å². The van der Waals surface area contributed by atoms with Gasteiger partial charge in [-0.15, -0.1) is 0 Å². The van der Waals surface area contributed by atoms with Crippen molar-refractivity contribution in [2.45, 2.75) is 6.92 Å². The van der Waals surface area contributed by atoms with Crippen molar-refractivity contribution >= 4 is 5.91 Å². The normalized spacial score (nSPS) is 9.64. The molecule has 3 nitrogen and oxygen atoms in total. The van der Waals surface area contributed by atoms with Crippen LogP contribution in [0.2, 0.25) is 0 Å². The molecule has 0 fully saturated rings. The molecule has 1 aromatic carbocycles.